The van der Waals surface area contributed by atoms with Gasteiger partial charge in [0.2, 0.25) is 5.91 Å². The number of rotatable bonds is 5. The summed E-state index contributed by atoms with van der Waals surface area (Å²) in [5.41, 5.74) is 5.49. The number of ether oxygens (including phenoxy) is 1. The minimum Gasteiger partial charge on any atom is -0.364 e. The molecule has 1 aliphatic rings. The summed E-state index contributed by atoms with van der Waals surface area (Å²) in [6.07, 6.45) is 4.64. The fourth-order valence-electron chi connectivity index (χ4n) is 1.83. The van der Waals surface area contributed by atoms with E-state index in [1.807, 2.05) is 0 Å². The van der Waals surface area contributed by atoms with Gasteiger partial charge in [0.1, 0.15) is 6.10 Å². The van der Waals surface area contributed by atoms with Crippen molar-refractivity contribution in [2.45, 2.75) is 31.6 Å². The number of carbonyl (C=O) groups excluding carboxylic acids is 1. The number of aromatic nitrogens is 3. The van der Waals surface area contributed by atoms with Gasteiger partial charge >= 0.3 is 0 Å². The summed E-state index contributed by atoms with van der Waals surface area (Å²) in [5, 5.41) is 10.3. The Bertz CT molecular complexity index is 354. The monoisotopic (exact) mass is 239 g/mol. The van der Waals surface area contributed by atoms with Gasteiger partial charge in [-0.2, -0.15) is 0 Å². The van der Waals surface area contributed by atoms with E-state index in [2.05, 4.69) is 15.6 Å². The summed E-state index contributed by atoms with van der Waals surface area (Å²) in [7, 11) is 0. The lowest BCUT2D eigenvalue weighted by atomic mass is 10.2. The molecule has 2 unspecified atom stereocenters. The summed E-state index contributed by atoms with van der Waals surface area (Å²) in [4.78, 5) is 11.7. The Balaban J connectivity index is 1.67. The molecule has 0 saturated carbocycles. The molecule has 1 saturated heterocycles. The van der Waals surface area contributed by atoms with E-state index in [9.17, 15) is 4.79 Å². The molecule has 0 bridgehead atoms. The normalized spacial score (nSPS) is 23.8. The Hall–Kier alpha value is -1.47. The number of hydrogen-bond donors (Lipinski definition) is 2. The van der Waals surface area contributed by atoms with Crippen molar-refractivity contribution in [1.82, 2.24) is 20.3 Å². The first kappa shape index (κ1) is 12.0. The number of carbonyl (C=O) groups is 1. The minimum atomic E-state index is -0.348. The average molecular weight is 239 g/mol. The Morgan fingerprint density at radius 2 is 2.47 bits per heavy atom. The van der Waals surface area contributed by atoms with E-state index in [1.54, 1.807) is 17.1 Å². The van der Waals surface area contributed by atoms with Gasteiger partial charge < -0.3 is 15.8 Å². The molecule has 3 N–H and O–H groups in total. The highest BCUT2D eigenvalue weighted by Gasteiger charge is 2.29. The predicted octanol–water partition coefficient (Wildman–Crippen LogP) is -1.10. The largest absolute Gasteiger partial charge is 0.364 e. The maximum Gasteiger partial charge on any atom is 0.249 e. The van der Waals surface area contributed by atoms with E-state index < -0.39 is 0 Å². The first-order valence-corrected chi connectivity index (χ1v) is 5.77. The molecule has 2 atom stereocenters. The Morgan fingerprint density at radius 3 is 3.12 bits per heavy atom. The van der Waals surface area contributed by atoms with Gasteiger partial charge in [0.05, 0.1) is 18.8 Å². The highest BCUT2D eigenvalue weighted by molar-refractivity contribution is 5.80. The molecular formula is C10H17N5O2. The molecule has 0 radical (unpaired) electrons. The van der Waals surface area contributed by atoms with Gasteiger partial charge in [-0.1, -0.05) is 5.21 Å². The van der Waals surface area contributed by atoms with Crippen LogP contribution in [0.4, 0.5) is 0 Å². The number of nitrogens with two attached hydrogens (primary N) is 1. The van der Waals surface area contributed by atoms with Crippen LogP contribution < -0.4 is 11.1 Å². The maximum absolute atomic E-state index is 11.7. The van der Waals surface area contributed by atoms with Crippen LogP contribution in [0.2, 0.25) is 0 Å². The van der Waals surface area contributed by atoms with Gasteiger partial charge in [-0.3, -0.25) is 9.48 Å². The molecule has 1 amide bonds. The second kappa shape index (κ2) is 5.74. The fraction of sp³-hybridized carbons (Fsp3) is 0.700. The quantitative estimate of drug-likeness (QED) is 0.680. The smallest absolute Gasteiger partial charge is 0.249 e. The summed E-state index contributed by atoms with van der Waals surface area (Å²) >= 11 is 0. The van der Waals surface area contributed by atoms with E-state index in [4.69, 9.17) is 10.5 Å². The highest BCUT2D eigenvalue weighted by atomic mass is 16.5. The molecule has 2 heterocycles. The van der Waals surface area contributed by atoms with Crippen LogP contribution in [0.15, 0.2) is 12.4 Å². The first-order chi connectivity index (χ1) is 8.29. The van der Waals surface area contributed by atoms with Crippen molar-refractivity contribution >= 4 is 5.91 Å². The molecule has 7 heteroatoms. The van der Waals surface area contributed by atoms with Crippen LogP contribution in [0.3, 0.4) is 0 Å². The van der Waals surface area contributed by atoms with Gasteiger partial charge in [0.15, 0.2) is 0 Å². The summed E-state index contributed by atoms with van der Waals surface area (Å²) in [6.45, 7) is 1.61. The van der Waals surface area contributed by atoms with E-state index in [-0.39, 0.29) is 18.1 Å². The molecule has 2 rings (SSSR count). The van der Waals surface area contributed by atoms with Crippen molar-refractivity contribution in [2.24, 2.45) is 5.73 Å². The lowest BCUT2D eigenvalue weighted by molar-refractivity contribution is -0.131. The third kappa shape index (κ3) is 3.24. The third-order valence-electron chi connectivity index (χ3n) is 2.77. The molecule has 1 aromatic rings. The number of hydrogen-bond acceptors (Lipinski definition) is 5. The van der Waals surface area contributed by atoms with Gasteiger partial charge in [-0.15, -0.1) is 5.10 Å². The number of nitrogens with one attached hydrogen (secondary N) is 1. The molecule has 1 aromatic heterocycles. The minimum absolute atomic E-state index is 0.0288. The zero-order chi connectivity index (χ0) is 12.1. The summed E-state index contributed by atoms with van der Waals surface area (Å²) < 4.78 is 7.15. The molecule has 17 heavy (non-hydrogen) atoms. The lowest BCUT2D eigenvalue weighted by Gasteiger charge is -2.12. The van der Waals surface area contributed by atoms with Crippen molar-refractivity contribution in [2.75, 3.05) is 13.1 Å². The molecule has 0 aliphatic carbocycles. The van der Waals surface area contributed by atoms with Crippen molar-refractivity contribution < 1.29 is 9.53 Å². The van der Waals surface area contributed by atoms with E-state index >= 15 is 0 Å². The maximum atomic E-state index is 11.7. The highest BCUT2D eigenvalue weighted by Crippen LogP contribution is 2.18. The van der Waals surface area contributed by atoms with Gasteiger partial charge in [0.25, 0.3) is 0 Å². The summed E-state index contributed by atoms with van der Waals surface area (Å²) in [6, 6.07) is 0. The Morgan fingerprint density at radius 1 is 1.59 bits per heavy atom. The van der Waals surface area contributed by atoms with E-state index in [1.165, 1.54) is 0 Å². The molecule has 1 fully saturated rings. The third-order valence-corrected chi connectivity index (χ3v) is 2.77. The van der Waals surface area contributed by atoms with Crippen LogP contribution in [0, 0.1) is 0 Å². The number of amides is 1. The number of nitrogens with zero attached hydrogens (tertiary/aromatic N) is 3. The first-order valence-electron chi connectivity index (χ1n) is 5.77. The standard InChI is InChI=1S/C10H17N5O2/c11-7-8-1-2-9(17-8)10(16)12-3-5-15-6-4-13-14-15/h4,6,8-9H,1-3,5,7,11H2,(H,12,16). The molecule has 0 spiro atoms. The van der Waals surface area contributed by atoms with Gasteiger partial charge in [-0.05, 0) is 12.8 Å². The van der Waals surface area contributed by atoms with Crippen molar-refractivity contribution in [3.05, 3.63) is 12.4 Å². The molecule has 1 aliphatic heterocycles. The zero-order valence-corrected chi connectivity index (χ0v) is 9.58. The van der Waals surface area contributed by atoms with Crippen LogP contribution in [-0.4, -0.2) is 46.2 Å². The molecule has 0 aromatic carbocycles. The topological polar surface area (TPSA) is 95.1 Å². The molecular weight excluding hydrogens is 222 g/mol. The predicted molar refractivity (Wildman–Crippen MR) is 60.0 cm³/mol. The Kier molecular flexibility index (Phi) is 4.05. The SMILES string of the molecule is NCC1CCC(C(=O)NCCn2ccnn2)O1. The van der Waals surface area contributed by atoms with E-state index in [0.717, 1.165) is 12.8 Å². The van der Waals surface area contributed by atoms with E-state index in [0.29, 0.717) is 19.6 Å². The summed E-state index contributed by atoms with van der Waals surface area (Å²) in [5.74, 6) is -0.0685. The molecule has 7 nitrogen and oxygen atoms in total. The second-order valence-corrected chi connectivity index (χ2v) is 4.02. The van der Waals surface area contributed by atoms with Crippen molar-refractivity contribution in [3.8, 4) is 0 Å². The lowest BCUT2D eigenvalue weighted by Crippen LogP contribution is -2.37. The Labute approximate surface area is 99.3 Å². The van der Waals surface area contributed by atoms with Crippen LogP contribution in [0.25, 0.3) is 0 Å². The average Bonchev–Trinajstić information content (AvgIpc) is 2.99. The second-order valence-electron chi connectivity index (χ2n) is 4.02. The van der Waals surface area contributed by atoms with Crippen molar-refractivity contribution in [3.63, 3.8) is 0 Å². The van der Waals surface area contributed by atoms with Crippen LogP contribution in [0.1, 0.15) is 12.8 Å². The van der Waals surface area contributed by atoms with Gasteiger partial charge in [-0.25, -0.2) is 0 Å². The van der Waals surface area contributed by atoms with Gasteiger partial charge in [0, 0.05) is 19.3 Å². The molecule has 94 valence electrons. The van der Waals surface area contributed by atoms with Crippen LogP contribution in [0.5, 0.6) is 0 Å². The van der Waals surface area contributed by atoms with Crippen LogP contribution >= 0.6 is 0 Å². The fourth-order valence-corrected chi connectivity index (χ4v) is 1.83. The zero-order valence-electron chi connectivity index (χ0n) is 9.58. The van der Waals surface area contributed by atoms with Crippen LogP contribution in [-0.2, 0) is 16.1 Å². The van der Waals surface area contributed by atoms with Crippen molar-refractivity contribution in [1.29, 1.82) is 0 Å².